The van der Waals surface area contributed by atoms with E-state index in [1.807, 2.05) is 19.9 Å². The number of hydrogen-bond acceptors (Lipinski definition) is 4. The first-order chi connectivity index (χ1) is 5.74. The molecule has 0 amide bonds. The Kier molecular flexibility index (Phi) is 4.39. The van der Waals surface area contributed by atoms with Crippen LogP contribution in [0.25, 0.3) is 0 Å². The number of nitrogen functional groups attached to an aromatic ring is 1. The summed E-state index contributed by atoms with van der Waals surface area (Å²) in [5.41, 5.74) is 6.34. The summed E-state index contributed by atoms with van der Waals surface area (Å²) in [6.45, 7) is 5.72. The van der Waals surface area contributed by atoms with Crippen molar-refractivity contribution in [3.05, 3.63) is 17.5 Å². The maximum absolute atomic E-state index is 8.44. The summed E-state index contributed by atoms with van der Waals surface area (Å²) >= 11 is 0. The smallest absolute Gasteiger partial charge is 0.220 e. The minimum Gasteiger partial charge on any atom is -0.368 e. The Bertz CT molecular complexity index is 288. The quantitative estimate of drug-likeness (QED) is 0.626. The predicted octanol–water partition coefficient (Wildman–Crippen LogP) is 1.27. The number of nitriles is 1. The Hall–Kier alpha value is -1.63. The van der Waals surface area contributed by atoms with E-state index in [2.05, 4.69) is 9.97 Å². The first-order valence-corrected chi connectivity index (χ1v) is 3.73. The molecule has 0 bridgehead atoms. The van der Waals surface area contributed by atoms with E-state index in [9.17, 15) is 0 Å². The van der Waals surface area contributed by atoms with Crippen molar-refractivity contribution in [1.29, 1.82) is 5.26 Å². The minimum atomic E-state index is 0.205. The van der Waals surface area contributed by atoms with E-state index in [0.29, 0.717) is 11.3 Å². The van der Waals surface area contributed by atoms with Crippen LogP contribution in [-0.4, -0.2) is 9.97 Å². The number of nitrogens with zero attached hydrogens (tertiary/aromatic N) is 3. The zero-order valence-electron chi connectivity index (χ0n) is 7.50. The lowest BCUT2D eigenvalue weighted by atomic mass is 10.3. The van der Waals surface area contributed by atoms with Gasteiger partial charge in [-0.05, 0) is 6.92 Å². The zero-order valence-corrected chi connectivity index (χ0v) is 7.50. The molecule has 0 spiro atoms. The number of aryl methyl sites for hydroxylation is 1. The highest BCUT2D eigenvalue weighted by Crippen LogP contribution is 2.01. The number of anilines is 1. The van der Waals surface area contributed by atoms with Crippen molar-refractivity contribution in [3.8, 4) is 6.07 Å². The van der Waals surface area contributed by atoms with Gasteiger partial charge in [-0.3, -0.25) is 0 Å². The minimum absolute atomic E-state index is 0.205. The molecule has 1 heterocycles. The standard InChI is InChI=1S/C6H6N4.C2H6/c1-4-5(2-7)3-9-6(8)10-4;1-2/h3H,1H3,(H2,8,9,10);1-2H3. The summed E-state index contributed by atoms with van der Waals surface area (Å²) in [6, 6.07) is 1.94. The van der Waals surface area contributed by atoms with Crippen molar-refractivity contribution in [3.63, 3.8) is 0 Å². The fourth-order valence-corrected chi connectivity index (χ4v) is 0.595. The Labute approximate surface area is 72.1 Å². The highest BCUT2D eigenvalue weighted by Gasteiger charge is 1.97. The number of aromatic nitrogens is 2. The average Bonchev–Trinajstić information content (AvgIpc) is 2.08. The van der Waals surface area contributed by atoms with Gasteiger partial charge in [0.05, 0.1) is 17.5 Å². The van der Waals surface area contributed by atoms with E-state index in [1.54, 1.807) is 6.92 Å². The lowest BCUT2D eigenvalue weighted by Crippen LogP contribution is -1.97. The lowest BCUT2D eigenvalue weighted by Gasteiger charge is -1.94. The molecule has 64 valence electrons. The molecule has 0 aliphatic carbocycles. The molecule has 1 aromatic heterocycles. The van der Waals surface area contributed by atoms with Crippen molar-refractivity contribution in [1.82, 2.24) is 9.97 Å². The Morgan fingerprint density at radius 1 is 1.50 bits per heavy atom. The molecule has 1 aromatic rings. The number of hydrogen-bond donors (Lipinski definition) is 1. The Balaban J connectivity index is 0.000000561. The van der Waals surface area contributed by atoms with E-state index in [0.717, 1.165) is 0 Å². The van der Waals surface area contributed by atoms with Gasteiger partial charge in [0.1, 0.15) is 6.07 Å². The highest BCUT2D eigenvalue weighted by atomic mass is 15.0. The van der Waals surface area contributed by atoms with Gasteiger partial charge in [0.15, 0.2) is 0 Å². The zero-order chi connectivity index (χ0) is 9.56. The van der Waals surface area contributed by atoms with Crippen molar-refractivity contribution >= 4 is 5.95 Å². The van der Waals surface area contributed by atoms with E-state index < -0.39 is 0 Å². The molecular weight excluding hydrogens is 152 g/mol. The second-order valence-electron chi connectivity index (χ2n) is 1.84. The van der Waals surface area contributed by atoms with Crippen LogP contribution in [0.3, 0.4) is 0 Å². The van der Waals surface area contributed by atoms with Crippen molar-refractivity contribution < 1.29 is 0 Å². The van der Waals surface area contributed by atoms with Crippen molar-refractivity contribution in [2.75, 3.05) is 5.73 Å². The van der Waals surface area contributed by atoms with E-state index in [4.69, 9.17) is 11.0 Å². The molecular formula is C8H12N4. The number of nitrogens with two attached hydrogens (primary N) is 1. The summed E-state index contributed by atoms with van der Waals surface area (Å²) < 4.78 is 0. The van der Waals surface area contributed by atoms with Gasteiger partial charge < -0.3 is 5.73 Å². The third-order valence-corrected chi connectivity index (χ3v) is 1.12. The summed E-state index contributed by atoms with van der Waals surface area (Å²) in [4.78, 5) is 7.44. The maximum Gasteiger partial charge on any atom is 0.220 e. The monoisotopic (exact) mass is 164 g/mol. The summed E-state index contributed by atoms with van der Waals surface area (Å²) in [6.07, 6.45) is 1.41. The van der Waals surface area contributed by atoms with Gasteiger partial charge in [-0.2, -0.15) is 5.26 Å². The maximum atomic E-state index is 8.44. The van der Waals surface area contributed by atoms with Gasteiger partial charge in [0.25, 0.3) is 0 Å². The van der Waals surface area contributed by atoms with Gasteiger partial charge in [-0.1, -0.05) is 13.8 Å². The molecule has 0 aromatic carbocycles. The van der Waals surface area contributed by atoms with E-state index >= 15 is 0 Å². The van der Waals surface area contributed by atoms with Gasteiger partial charge in [-0.25, -0.2) is 9.97 Å². The van der Waals surface area contributed by atoms with Crippen LogP contribution in [0, 0.1) is 18.3 Å². The third kappa shape index (κ3) is 2.54. The average molecular weight is 164 g/mol. The molecule has 0 radical (unpaired) electrons. The first-order valence-electron chi connectivity index (χ1n) is 3.73. The van der Waals surface area contributed by atoms with Crippen LogP contribution < -0.4 is 5.73 Å². The van der Waals surface area contributed by atoms with E-state index in [-0.39, 0.29) is 5.95 Å². The molecule has 0 atom stereocenters. The van der Waals surface area contributed by atoms with Gasteiger partial charge in [0, 0.05) is 0 Å². The summed E-state index contributed by atoms with van der Waals surface area (Å²) in [5, 5.41) is 8.44. The van der Waals surface area contributed by atoms with Crippen molar-refractivity contribution in [2.45, 2.75) is 20.8 Å². The van der Waals surface area contributed by atoms with Crippen LogP contribution in [0.15, 0.2) is 6.20 Å². The van der Waals surface area contributed by atoms with Crippen LogP contribution >= 0.6 is 0 Å². The lowest BCUT2D eigenvalue weighted by molar-refractivity contribution is 1.10. The van der Waals surface area contributed by atoms with Crippen LogP contribution in [0.4, 0.5) is 5.95 Å². The van der Waals surface area contributed by atoms with Crippen LogP contribution in [0.1, 0.15) is 25.1 Å². The van der Waals surface area contributed by atoms with Gasteiger partial charge in [-0.15, -0.1) is 0 Å². The largest absolute Gasteiger partial charge is 0.368 e. The molecule has 12 heavy (non-hydrogen) atoms. The molecule has 4 heteroatoms. The predicted molar refractivity (Wildman–Crippen MR) is 47.2 cm³/mol. The van der Waals surface area contributed by atoms with Crippen molar-refractivity contribution in [2.24, 2.45) is 0 Å². The first kappa shape index (κ1) is 10.4. The van der Waals surface area contributed by atoms with Gasteiger partial charge >= 0.3 is 0 Å². The van der Waals surface area contributed by atoms with E-state index in [1.165, 1.54) is 6.20 Å². The van der Waals surface area contributed by atoms with Crippen LogP contribution in [0.2, 0.25) is 0 Å². The molecule has 1 rings (SSSR count). The third-order valence-electron chi connectivity index (χ3n) is 1.12. The fourth-order valence-electron chi connectivity index (χ4n) is 0.595. The molecule has 4 nitrogen and oxygen atoms in total. The summed E-state index contributed by atoms with van der Waals surface area (Å²) in [5.74, 6) is 0.205. The Morgan fingerprint density at radius 2 is 2.08 bits per heavy atom. The molecule has 2 N–H and O–H groups in total. The second-order valence-corrected chi connectivity index (χ2v) is 1.84. The molecule has 0 fully saturated rings. The topological polar surface area (TPSA) is 75.6 Å². The summed E-state index contributed by atoms with van der Waals surface area (Å²) in [7, 11) is 0. The highest BCUT2D eigenvalue weighted by molar-refractivity contribution is 5.33. The Morgan fingerprint density at radius 3 is 2.50 bits per heavy atom. The van der Waals surface area contributed by atoms with Crippen LogP contribution in [-0.2, 0) is 0 Å². The molecule has 0 aliphatic rings. The SMILES string of the molecule is CC.Cc1nc(N)ncc1C#N. The van der Waals surface area contributed by atoms with Gasteiger partial charge in [0.2, 0.25) is 5.95 Å². The fraction of sp³-hybridized carbons (Fsp3) is 0.375. The molecule has 0 saturated carbocycles. The molecule has 0 unspecified atom stereocenters. The molecule has 0 aliphatic heterocycles. The molecule has 0 saturated heterocycles. The normalized spacial score (nSPS) is 7.83. The van der Waals surface area contributed by atoms with Crippen LogP contribution in [0.5, 0.6) is 0 Å². The number of rotatable bonds is 0. The second kappa shape index (κ2) is 5.08.